The predicted molar refractivity (Wildman–Crippen MR) is 71.3 cm³/mol. The average Bonchev–Trinajstić information content (AvgIpc) is 2.83. The second-order valence-electron chi connectivity index (χ2n) is 4.98. The Morgan fingerprint density at radius 2 is 1.89 bits per heavy atom. The summed E-state index contributed by atoms with van der Waals surface area (Å²) in [5.74, 6) is -0.00811. The minimum Gasteiger partial charge on any atom is -0.388 e. The molecule has 2 atom stereocenters. The summed E-state index contributed by atoms with van der Waals surface area (Å²) in [4.78, 5) is 11.8. The lowest BCUT2D eigenvalue weighted by Gasteiger charge is -2.18. The molecule has 1 N–H and O–H groups in total. The summed E-state index contributed by atoms with van der Waals surface area (Å²) >= 11 is 0. The first kappa shape index (κ1) is 11.4. The molecule has 1 fully saturated rings. The van der Waals surface area contributed by atoms with E-state index in [0.717, 1.165) is 29.2 Å². The topological polar surface area (TPSA) is 37.3 Å². The predicted octanol–water partition coefficient (Wildman–Crippen LogP) is 3.24. The van der Waals surface area contributed by atoms with Crippen molar-refractivity contribution in [3.8, 4) is 0 Å². The SMILES string of the molecule is O=C1CCC[C@H]1[C@@H](O)c1cccc2ccccc12. The second kappa shape index (κ2) is 4.54. The van der Waals surface area contributed by atoms with Gasteiger partial charge >= 0.3 is 0 Å². The second-order valence-corrected chi connectivity index (χ2v) is 4.98. The fourth-order valence-electron chi connectivity index (χ4n) is 2.90. The molecule has 0 saturated heterocycles. The van der Waals surface area contributed by atoms with E-state index in [2.05, 4.69) is 0 Å². The summed E-state index contributed by atoms with van der Waals surface area (Å²) in [7, 11) is 0. The molecule has 2 aromatic carbocycles. The third-order valence-corrected chi connectivity index (χ3v) is 3.88. The number of rotatable bonds is 2. The Balaban J connectivity index is 2.06. The van der Waals surface area contributed by atoms with Crippen LogP contribution in [0.15, 0.2) is 42.5 Å². The van der Waals surface area contributed by atoms with Crippen LogP contribution in [0, 0.1) is 5.92 Å². The van der Waals surface area contributed by atoms with E-state index in [4.69, 9.17) is 0 Å². The summed E-state index contributed by atoms with van der Waals surface area (Å²) in [5.41, 5.74) is 0.883. The molecule has 1 aliphatic rings. The third-order valence-electron chi connectivity index (χ3n) is 3.88. The maximum absolute atomic E-state index is 11.8. The van der Waals surface area contributed by atoms with Crippen molar-refractivity contribution in [3.63, 3.8) is 0 Å². The van der Waals surface area contributed by atoms with Crippen LogP contribution in [0.2, 0.25) is 0 Å². The van der Waals surface area contributed by atoms with Gasteiger partial charge in [-0.05, 0) is 29.2 Å². The van der Waals surface area contributed by atoms with Crippen molar-refractivity contribution in [1.82, 2.24) is 0 Å². The molecule has 0 unspecified atom stereocenters. The maximum Gasteiger partial charge on any atom is 0.138 e. The highest BCUT2D eigenvalue weighted by molar-refractivity contribution is 5.88. The van der Waals surface area contributed by atoms with Gasteiger partial charge in [-0.3, -0.25) is 4.79 Å². The van der Waals surface area contributed by atoms with Gasteiger partial charge in [-0.15, -0.1) is 0 Å². The van der Waals surface area contributed by atoms with Gasteiger partial charge in [0.1, 0.15) is 5.78 Å². The van der Waals surface area contributed by atoms with Gasteiger partial charge in [0.25, 0.3) is 0 Å². The number of aliphatic hydroxyl groups is 1. The fraction of sp³-hybridized carbons (Fsp3) is 0.312. The summed E-state index contributed by atoms with van der Waals surface area (Å²) < 4.78 is 0. The molecule has 1 saturated carbocycles. The summed E-state index contributed by atoms with van der Waals surface area (Å²) in [6.45, 7) is 0. The molecule has 2 heteroatoms. The summed E-state index contributed by atoms with van der Waals surface area (Å²) in [6, 6.07) is 13.9. The summed E-state index contributed by atoms with van der Waals surface area (Å²) in [6.07, 6.45) is 1.67. The molecule has 1 aliphatic carbocycles. The van der Waals surface area contributed by atoms with E-state index < -0.39 is 6.10 Å². The Morgan fingerprint density at radius 1 is 1.11 bits per heavy atom. The van der Waals surface area contributed by atoms with E-state index in [1.807, 2.05) is 42.5 Å². The largest absolute Gasteiger partial charge is 0.388 e. The van der Waals surface area contributed by atoms with Crippen molar-refractivity contribution in [2.75, 3.05) is 0 Å². The van der Waals surface area contributed by atoms with Crippen LogP contribution in [-0.2, 0) is 4.79 Å². The molecular weight excluding hydrogens is 224 g/mol. The number of hydrogen-bond acceptors (Lipinski definition) is 2. The van der Waals surface area contributed by atoms with Gasteiger partial charge in [-0.1, -0.05) is 42.5 Å². The van der Waals surface area contributed by atoms with Crippen LogP contribution in [0.4, 0.5) is 0 Å². The lowest BCUT2D eigenvalue weighted by Crippen LogP contribution is -2.16. The smallest absolute Gasteiger partial charge is 0.138 e. The first-order chi connectivity index (χ1) is 8.77. The standard InChI is InChI=1S/C16H16O2/c17-15-10-4-9-14(15)16(18)13-8-3-6-11-5-1-2-7-12(11)13/h1-3,5-8,14,16,18H,4,9-10H2/t14-,16+/m1/s1. The van der Waals surface area contributed by atoms with E-state index >= 15 is 0 Å². The lowest BCUT2D eigenvalue weighted by molar-refractivity contribution is -0.123. The Hall–Kier alpha value is -1.67. The number of hydrogen-bond donors (Lipinski definition) is 1. The average molecular weight is 240 g/mol. The highest BCUT2D eigenvalue weighted by Crippen LogP contribution is 2.35. The molecule has 0 radical (unpaired) electrons. The highest BCUT2D eigenvalue weighted by atomic mass is 16.3. The first-order valence-electron chi connectivity index (χ1n) is 6.46. The molecule has 18 heavy (non-hydrogen) atoms. The Kier molecular flexibility index (Phi) is 2.88. The van der Waals surface area contributed by atoms with Crippen LogP contribution in [0.5, 0.6) is 0 Å². The van der Waals surface area contributed by atoms with E-state index in [1.54, 1.807) is 0 Å². The van der Waals surface area contributed by atoms with Crippen molar-refractivity contribution >= 4 is 16.6 Å². The Morgan fingerprint density at radius 3 is 2.67 bits per heavy atom. The first-order valence-corrected chi connectivity index (χ1v) is 6.46. The van der Waals surface area contributed by atoms with E-state index in [9.17, 15) is 9.90 Å². The number of benzene rings is 2. The molecule has 2 nitrogen and oxygen atoms in total. The van der Waals surface area contributed by atoms with Crippen molar-refractivity contribution in [2.45, 2.75) is 25.4 Å². The molecule has 0 bridgehead atoms. The van der Waals surface area contributed by atoms with Gasteiger partial charge < -0.3 is 5.11 Å². The molecule has 0 heterocycles. The van der Waals surface area contributed by atoms with Crippen molar-refractivity contribution in [2.24, 2.45) is 5.92 Å². The minimum absolute atomic E-state index is 0.204. The molecule has 0 amide bonds. The van der Waals surface area contributed by atoms with Crippen molar-refractivity contribution in [3.05, 3.63) is 48.0 Å². The molecular formula is C16H16O2. The van der Waals surface area contributed by atoms with E-state index in [-0.39, 0.29) is 11.7 Å². The number of ketones is 1. The van der Waals surface area contributed by atoms with Gasteiger partial charge in [0, 0.05) is 12.3 Å². The Labute approximate surface area is 106 Å². The molecule has 92 valence electrons. The van der Waals surface area contributed by atoms with Crippen LogP contribution in [0.25, 0.3) is 10.8 Å². The number of carbonyl (C=O) groups is 1. The molecule has 2 aromatic rings. The maximum atomic E-state index is 11.8. The summed E-state index contributed by atoms with van der Waals surface area (Å²) in [5, 5.41) is 12.6. The zero-order chi connectivity index (χ0) is 12.5. The van der Waals surface area contributed by atoms with Crippen molar-refractivity contribution < 1.29 is 9.90 Å². The Bertz CT molecular complexity index is 583. The number of Topliss-reactive ketones (excluding diaryl/α,β-unsaturated/α-hetero) is 1. The monoisotopic (exact) mass is 240 g/mol. The van der Waals surface area contributed by atoms with Crippen LogP contribution >= 0.6 is 0 Å². The number of aliphatic hydroxyl groups excluding tert-OH is 1. The van der Waals surface area contributed by atoms with Gasteiger partial charge in [-0.25, -0.2) is 0 Å². The zero-order valence-electron chi connectivity index (χ0n) is 10.2. The van der Waals surface area contributed by atoms with Gasteiger partial charge in [0.05, 0.1) is 6.10 Å². The normalized spacial score (nSPS) is 21.4. The highest BCUT2D eigenvalue weighted by Gasteiger charge is 2.32. The van der Waals surface area contributed by atoms with Crippen LogP contribution in [-0.4, -0.2) is 10.9 Å². The van der Waals surface area contributed by atoms with E-state index in [1.165, 1.54) is 0 Å². The molecule has 0 spiro atoms. The van der Waals surface area contributed by atoms with Crippen LogP contribution in [0.1, 0.15) is 30.9 Å². The molecule has 0 aliphatic heterocycles. The minimum atomic E-state index is -0.661. The third kappa shape index (κ3) is 1.83. The van der Waals surface area contributed by atoms with Gasteiger partial charge in [0.2, 0.25) is 0 Å². The quantitative estimate of drug-likeness (QED) is 0.875. The lowest BCUT2D eigenvalue weighted by atomic mass is 9.90. The molecule has 0 aromatic heterocycles. The van der Waals surface area contributed by atoms with Crippen molar-refractivity contribution in [1.29, 1.82) is 0 Å². The van der Waals surface area contributed by atoms with Gasteiger partial charge in [-0.2, -0.15) is 0 Å². The van der Waals surface area contributed by atoms with Crippen LogP contribution < -0.4 is 0 Å². The van der Waals surface area contributed by atoms with Crippen LogP contribution in [0.3, 0.4) is 0 Å². The van der Waals surface area contributed by atoms with E-state index in [0.29, 0.717) is 6.42 Å². The molecule has 3 rings (SSSR count). The van der Waals surface area contributed by atoms with Gasteiger partial charge in [0.15, 0.2) is 0 Å². The fourth-order valence-corrected chi connectivity index (χ4v) is 2.90. The number of carbonyl (C=O) groups excluding carboxylic acids is 1. The zero-order valence-corrected chi connectivity index (χ0v) is 10.2. The number of fused-ring (bicyclic) bond motifs is 1.